The van der Waals surface area contributed by atoms with Gasteiger partial charge in [0.25, 0.3) is 66.4 Å². The van der Waals surface area contributed by atoms with Crippen LogP contribution < -0.4 is 5.73 Å². The maximum absolute atomic E-state index is 13.1. The van der Waals surface area contributed by atoms with Crippen molar-refractivity contribution >= 4 is 151 Å². The van der Waals surface area contributed by atoms with Gasteiger partial charge in [-0.2, -0.15) is 70.5 Å². The van der Waals surface area contributed by atoms with Crippen molar-refractivity contribution in [2.45, 2.75) is 29.4 Å². The van der Waals surface area contributed by atoms with E-state index in [1.165, 1.54) is 0 Å². The van der Waals surface area contributed by atoms with Gasteiger partial charge in [-0.25, -0.2) is 9.59 Å². The quantitative estimate of drug-likeness (QED) is 0.0131. The summed E-state index contributed by atoms with van der Waals surface area (Å²) in [6, 6.07) is 9.88. The zero-order valence-electron chi connectivity index (χ0n) is 42.1. The Hall–Kier alpha value is -10.3. The third-order valence-corrected chi connectivity index (χ3v) is 17.0. The minimum atomic E-state index is -5.79. The predicted octanol–water partition coefficient (Wildman–Crippen LogP) is 7.32. The van der Waals surface area contributed by atoms with Gasteiger partial charge in [0.2, 0.25) is 11.6 Å². The van der Waals surface area contributed by atoms with E-state index in [-0.39, 0.29) is 23.9 Å². The Morgan fingerprint density at radius 3 is 1.50 bits per heavy atom. The number of phenols is 2. The van der Waals surface area contributed by atoms with Gasteiger partial charge in [-0.3, -0.25) is 37.4 Å². The van der Waals surface area contributed by atoms with Crippen molar-refractivity contribution in [2.24, 2.45) is 40.9 Å². The summed E-state index contributed by atoms with van der Waals surface area (Å²) >= 11 is 0. The van der Waals surface area contributed by atoms with Gasteiger partial charge < -0.3 is 31.3 Å². The van der Waals surface area contributed by atoms with E-state index in [0.717, 1.165) is 48.5 Å². The van der Waals surface area contributed by atoms with Crippen molar-refractivity contribution in [3.05, 3.63) is 112 Å². The molecule has 0 aliphatic carbocycles. The fourth-order valence-electron chi connectivity index (χ4n) is 7.87. The van der Waals surface area contributed by atoms with Gasteiger partial charge in [0.05, 0.1) is 43.5 Å². The van der Waals surface area contributed by atoms with Gasteiger partial charge in [0, 0.05) is 28.3 Å². The van der Waals surface area contributed by atoms with Crippen LogP contribution in [0.3, 0.4) is 0 Å². The number of nitrogens with zero attached hydrogens (tertiary/aromatic N) is 11. The molecule has 0 spiro atoms. The summed E-state index contributed by atoms with van der Waals surface area (Å²) in [5, 5.41) is 93.3. The van der Waals surface area contributed by atoms with E-state index in [2.05, 4.69) is 46.0 Å². The number of rotatable bonds is 18. The highest BCUT2D eigenvalue weighted by Gasteiger charge is 2.32. The average Bonchev–Trinajstić information content (AvgIpc) is 0.958. The molecule has 0 atom stereocenters. The number of carboxylic acids is 2. The minimum absolute atomic E-state index is 0.171. The van der Waals surface area contributed by atoms with Crippen LogP contribution >= 0.6 is 0 Å². The molecule has 0 unspecified atom stereocenters. The Labute approximate surface area is 487 Å². The molecule has 7 aromatic carbocycles. The first-order valence-electron chi connectivity index (χ1n) is 22.4. The molecule has 8 aromatic rings. The van der Waals surface area contributed by atoms with E-state index in [4.69, 9.17) is 5.73 Å². The molecule has 0 saturated carbocycles. The molecular weight excluding hydrogens is 1310 g/mol. The van der Waals surface area contributed by atoms with Gasteiger partial charge in [0.1, 0.15) is 52.9 Å². The second-order valence-corrected chi connectivity index (χ2v) is 25.6. The number of nitro groups is 1. The number of fused-ring (bicyclic) bond motifs is 2. The van der Waals surface area contributed by atoms with Crippen LogP contribution in [0.4, 0.5) is 56.9 Å². The van der Waals surface area contributed by atoms with E-state index < -0.39 is 214 Å². The summed E-state index contributed by atoms with van der Waals surface area (Å²) in [6.45, 7) is 0. The monoisotopic (exact) mass is 1340 g/mol. The first-order chi connectivity index (χ1) is 40.6. The Morgan fingerprint density at radius 1 is 0.489 bits per heavy atom. The number of azo groups is 4. The fourth-order valence-corrected chi connectivity index (χ4v) is 11.8. The number of carboxylic acid groups (broad SMARTS) is 2. The average molecular weight is 1340 g/mol. The lowest BCUT2D eigenvalue weighted by molar-refractivity contribution is -0.385. The van der Waals surface area contributed by atoms with Crippen LogP contribution in [-0.2, 0) is 60.7 Å². The molecule has 45 heteroatoms. The van der Waals surface area contributed by atoms with Gasteiger partial charge in [-0.1, -0.05) is 0 Å². The molecule has 8 rings (SSSR count). The number of nitrogens with two attached hydrogens (primary N) is 1. The predicted molar refractivity (Wildman–Crippen MR) is 290 cm³/mol. The molecule has 0 fully saturated rings. The van der Waals surface area contributed by atoms with Crippen LogP contribution in [-0.4, -0.2) is 130 Å². The van der Waals surface area contributed by atoms with Crippen LogP contribution in [0.15, 0.2) is 161 Å². The van der Waals surface area contributed by atoms with Crippen molar-refractivity contribution in [3.63, 3.8) is 0 Å². The van der Waals surface area contributed by atoms with E-state index in [1.54, 1.807) is 0 Å². The van der Waals surface area contributed by atoms with Crippen LogP contribution in [0.2, 0.25) is 0 Å². The lowest BCUT2D eigenvalue weighted by Gasteiger charge is -2.15. The maximum Gasteiger partial charge on any atom is 0.358 e. The van der Waals surface area contributed by atoms with Crippen molar-refractivity contribution in [1.29, 1.82) is 0 Å². The van der Waals surface area contributed by atoms with Gasteiger partial charge >= 0.3 is 11.9 Å². The number of nitro benzene ring substituents is 1. The van der Waals surface area contributed by atoms with Crippen LogP contribution in [0, 0.1) is 10.1 Å². The number of aromatic carboxylic acids is 2. The number of hydrogen-bond acceptors (Lipinski definition) is 29. The summed E-state index contributed by atoms with van der Waals surface area (Å²) in [6.07, 6.45) is 0. The number of phenolic OH excluding ortho intramolecular Hbond substituents is 2. The van der Waals surface area contributed by atoms with Crippen LogP contribution in [0.1, 0.15) is 20.8 Å². The summed E-state index contributed by atoms with van der Waals surface area (Å²) in [7, 11) is -33.0. The second kappa shape index (κ2) is 22.5. The van der Waals surface area contributed by atoms with E-state index in [0.29, 0.717) is 28.9 Å². The zero-order valence-corrected chi connectivity index (χ0v) is 47.0. The van der Waals surface area contributed by atoms with Gasteiger partial charge in [0.15, 0.2) is 17.2 Å². The van der Waals surface area contributed by atoms with E-state index in [1.807, 2.05) is 0 Å². The molecule has 0 amide bonds. The third kappa shape index (κ3) is 12.8. The number of aromatic hydroxyl groups is 3. The molecule has 88 heavy (non-hydrogen) atoms. The first-order valence-corrected chi connectivity index (χ1v) is 31.0. The normalized spacial score (nSPS) is 13.0. The Balaban J connectivity index is 1.24. The molecule has 0 saturated heterocycles. The molecule has 1 heterocycles. The largest absolute Gasteiger partial charge is 0.505 e. The van der Waals surface area contributed by atoms with Crippen molar-refractivity contribution in [1.82, 2.24) is 9.78 Å². The van der Waals surface area contributed by atoms with Crippen LogP contribution in [0.5, 0.6) is 17.4 Å². The lowest BCUT2D eigenvalue weighted by atomic mass is 10.0. The lowest BCUT2D eigenvalue weighted by Crippen LogP contribution is -2.04. The van der Waals surface area contributed by atoms with E-state index in [9.17, 15) is 123 Å². The third-order valence-electron chi connectivity index (χ3n) is 11.6. The highest BCUT2D eigenvalue weighted by Crippen LogP contribution is 2.50. The number of non-ortho nitro benzene ring substituents is 1. The van der Waals surface area contributed by atoms with Gasteiger partial charge in [-0.15, -0.1) is 30.7 Å². The summed E-state index contributed by atoms with van der Waals surface area (Å²) in [5.74, 6) is -7.48. The molecule has 0 bridgehead atoms. The molecule has 39 nitrogen and oxygen atoms in total. The zero-order chi connectivity index (χ0) is 65.3. The second-order valence-electron chi connectivity index (χ2n) is 17.2. The number of benzene rings is 7. The van der Waals surface area contributed by atoms with Gasteiger partial charge in [-0.05, 0) is 78.9 Å². The number of carbonyl (C=O) groups is 2. The van der Waals surface area contributed by atoms with Crippen molar-refractivity contribution in [2.75, 3.05) is 5.73 Å². The molecule has 0 radical (unpaired) electrons. The molecule has 458 valence electrons. The van der Waals surface area contributed by atoms with Crippen molar-refractivity contribution < 1.29 is 118 Å². The molecule has 0 aliphatic heterocycles. The molecule has 13 N–H and O–H groups in total. The summed E-state index contributed by atoms with van der Waals surface area (Å²) in [4.78, 5) is 26.6. The number of aromatic nitrogens is 2. The Bertz CT molecular complexity index is 5290. The number of hydrogen-bond donors (Lipinski definition) is 12. The number of nitrogen functional groups attached to an aromatic ring is 1. The summed E-state index contributed by atoms with van der Waals surface area (Å²) in [5.41, 5.74) is -5.25. The standard InChI is InChI=1S/C43H28N12O27S6/c44-33-27(15-28(84(68,69)70)24-14-31(87(77,78)79)35(39(57)32(24)33)51-47-25-7-3-20(55(63)64)12-29(25)85(71,72)73)49-48-26-8-6-22-23(40(26)88(80,81)82)13-30(86(74,75)76)34(38(22)56)50-45-17-9-16(42(59)60)10-18(11-17)46-52-36-37(43(61)62)53-54(41(36)58)19-1-4-21(5-2-19)83(65,66)67/h1-15,56-58H,44H2,(H,59,60)(H,61,62)(H,65,66,67)(H,68,69,70)(H,71,72,73)(H,74,75,76)(H,77,78,79)(H,80,81,82). The van der Waals surface area contributed by atoms with Crippen molar-refractivity contribution in [3.8, 4) is 23.1 Å². The number of anilines is 1. The maximum atomic E-state index is 13.1. The summed E-state index contributed by atoms with van der Waals surface area (Å²) < 4.78 is 211. The fraction of sp³-hybridized carbons (Fsp3) is 0. The topological polar surface area (TPSA) is 647 Å². The minimum Gasteiger partial charge on any atom is -0.505 e. The van der Waals surface area contributed by atoms with Crippen LogP contribution in [0.25, 0.3) is 27.2 Å². The highest BCUT2D eigenvalue weighted by atomic mass is 32.2. The Kier molecular flexibility index (Phi) is 16.3. The molecule has 1 aromatic heterocycles. The highest BCUT2D eigenvalue weighted by molar-refractivity contribution is 7.87. The molecular formula is C43H28N12O27S6. The van der Waals surface area contributed by atoms with E-state index >= 15 is 0 Å². The first kappa shape index (κ1) is 63.7. The SMILES string of the molecule is Nc1c(N=Nc2ccc3c(O)c(N=Nc4cc(N=Nc5c(C(=O)O)nn(-c6ccc(S(=O)(=O)O)cc6)c5O)cc(C(=O)O)c4)c(S(=O)(=O)O)cc3c2S(=O)(=O)O)cc(S(=O)(=O)O)c2cc(S(=O)(=O)O)c(N=Nc3ccc([N+](=O)[O-])cc3S(=O)(=O)O)c(O)c12. The smallest absolute Gasteiger partial charge is 0.358 e. The Morgan fingerprint density at radius 2 is 0.989 bits per heavy atom. The molecule has 0 aliphatic rings.